The van der Waals surface area contributed by atoms with E-state index in [0.29, 0.717) is 19.1 Å². The maximum atomic E-state index is 12.5. The Hall–Kier alpha value is -1.39. The van der Waals surface area contributed by atoms with Gasteiger partial charge in [0.05, 0.1) is 13.2 Å². The number of fused-ring (bicyclic) bond motifs is 1. The number of rotatable bonds is 3. The molecule has 1 saturated heterocycles. The molecule has 2 aliphatic rings. The van der Waals surface area contributed by atoms with Gasteiger partial charge >= 0.3 is 0 Å². The van der Waals surface area contributed by atoms with E-state index in [-0.39, 0.29) is 11.9 Å². The number of carbonyl (C=O) groups excluding carboxylic acids is 1. The van der Waals surface area contributed by atoms with Gasteiger partial charge in [0.25, 0.3) is 0 Å². The monoisotopic (exact) mass is 288 g/mol. The Labute approximate surface area is 126 Å². The number of nitrogens with one attached hydrogen (secondary N) is 1. The summed E-state index contributed by atoms with van der Waals surface area (Å²) in [6.07, 6.45) is 3.65. The van der Waals surface area contributed by atoms with Crippen molar-refractivity contribution >= 4 is 5.91 Å². The lowest BCUT2D eigenvalue weighted by atomic mass is 9.87. The number of hydrogen-bond donors (Lipinski definition) is 1. The Kier molecular flexibility index (Phi) is 4.56. The molecule has 0 aromatic heterocycles. The van der Waals surface area contributed by atoms with Crippen LogP contribution < -0.4 is 5.32 Å². The van der Waals surface area contributed by atoms with Gasteiger partial charge in [-0.1, -0.05) is 24.3 Å². The fraction of sp³-hybridized carbons (Fsp3) is 0.588. The van der Waals surface area contributed by atoms with Crippen LogP contribution in [0.3, 0.4) is 0 Å². The highest BCUT2D eigenvalue weighted by Gasteiger charge is 2.26. The number of hydrogen-bond acceptors (Lipinski definition) is 3. The molecule has 4 heteroatoms. The van der Waals surface area contributed by atoms with Crippen LogP contribution in [0.15, 0.2) is 24.3 Å². The Morgan fingerprint density at radius 2 is 2.19 bits per heavy atom. The molecule has 1 aromatic rings. The highest BCUT2D eigenvalue weighted by atomic mass is 16.5. The van der Waals surface area contributed by atoms with Gasteiger partial charge in [0, 0.05) is 32.1 Å². The molecule has 3 rings (SSSR count). The topological polar surface area (TPSA) is 41.6 Å². The summed E-state index contributed by atoms with van der Waals surface area (Å²) in [6, 6.07) is 9.09. The predicted octanol–water partition coefficient (Wildman–Crippen LogP) is 1.38. The number of nitrogens with zero attached hydrogens (tertiary/aromatic N) is 1. The normalized spacial score (nSPS) is 25.2. The summed E-state index contributed by atoms with van der Waals surface area (Å²) in [5.41, 5.74) is 2.84. The third kappa shape index (κ3) is 3.44. The number of amides is 1. The SMILES string of the molecule is CN(C(=O)CC1COCCN1)C1CCc2ccccc2C1. The molecular formula is C17H24N2O2. The highest BCUT2D eigenvalue weighted by Crippen LogP contribution is 2.24. The van der Waals surface area contributed by atoms with Crippen LogP contribution in [0.2, 0.25) is 0 Å². The molecule has 1 fully saturated rings. The molecule has 0 radical (unpaired) electrons. The van der Waals surface area contributed by atoms with Crippen LogP contribution in [0.1, 0.15) is 24.0 Å². The fourth-order valence-corrected chi connectivity index (χ4v) is 3.32. The summed E-state index contributed by atoms with van der Waals surface area (Å²) < 4.78 is 5.42. The molecule has 1 heterocycles. The fourth-order valence-electron chi connectivity index (χ4n) is 3.32. The van der Waals surface area contributed by atoms with E-state index in [1.807, 2.05) is 11.9 Å². The molecule has 4 nitrogen and oxygen atoms in total. The highest BCUT2D eigenvalue weighted by molar-refractivity contribution is 5.77. The average Bonchev–Trinajstić information content (AvgIpc) is 2.54. The zero-order chi connectivity index (χ0) is 14.7. The van der Waals surface area contributed by atoms with Crippen LogP contribution in [0, 0.1) is 0 Å². The molecule has 1 N–H and O–H groups in total. The Morgan fingerprint density at radius 3 is 2.95 bits per heavy atom. The number of benzene rings is 1. The first kappa shape index (κ1) is 14.5. The zero-order valence-corrected chi connectivity index (χ0v) is 12.7. The van der Waals surface area contributed by atoms with E-state index in [1.165, 1.54) is 11.1 Å². The molecular weight excluding hydrogens is 264 g/mol. The van der Waals surface area contributed by atoms with Crippen molar-refractivity contribution in [3.8, 4) is 0 Å². The summed E-state index contributed by atoms with van der Waals surface area (Å²) >= 11 is 0. The molecule has 0 bridgehead atoms. The summed E-state index contributed by atoms with van der Waals surface area (Å²) in [7, 11) is 1.95. The molecule has 114 valence electrons. The van der Waals surface area contributed by atoms with Crippen molar-refractivity contribution in [3.63, 3.8) is 0 Å². The summed E-state index contributed by atoms with van der Waals surface area (Å²) in [5, 5.41) is 3.35. The van der Waals surface area contributed by atoms with Crippen molar-refractivity contribution in [2.45, 2.75) is 37.8 Å². The minimum atomic E-state index is 0.171. The van der Waals surface area contributed by atoms with Crippen LogP contribution in [-0.2, 0) is 22.4 Å². The molecule has 21 heavy (non-hydrogen) atoms. The van der Waals surface area contributed by atoms with Gasteiger partial charge in [-0.25, -0.2) is 0 Å². The first-order valence-corrected chi connectivity index (χ1v) is 7.87. The third-order valence-corrected chi connectivity index (χ3v) is 4.68. The van der Waals surface area contributed by atoms with Gasteiger partial charge in [-0.15, -0.1) is 0 Å². The van der Waals surface area contributed by atoms with E-state index in [4.69, 9.17) is 4.74 Å². The van der Waals surface area contributed by atoms with Gasteiger partial charge < -0.3 is 15.0 Å². The largest absolute Gasteiger partial charge is 0.378 e. The average molecular weight is 288 g/mol. The number of aryl methyl sites for hydroxylation is 1. The lowest BCUT2D eigenvalue weighted by molar-refractivity contribution is -0.133. The molecule has 1 aliphatic carbocycles. The molecule has 0 saturated carbocycles. The summed E-state index contributed by atoms with van der Waals surface area (Å²) in [5.74, 6) is 0.224. The van der Waals surface area contributed by atoms with E-state index in [9.17, 15) is 4.79 Å². The summed E-state index contributed by atoms with van der Waals surface area (Å²) in [6.45, 7) is 2.24. The Balaban J connectivity index is 1.58. The van der Waals surface area contributed by atoms with E-state index in [1.54, 1.807) is 0 Å². The number of carbonyl (C=O) groups is 1. The van der Waals surface area contributed by atoms with Gasteiger partial charge in [0.2, 0.25) is 5.91 Å². The zero-order valence-electron chi connectivity index (χ0n) is 12.7. The standard InChI is InChI=1S/C17H24N2O2/c1-19(17(20)11-15-12-21-9-8-18-15)16-7-6-13-4-2-3-5-14(13)10-16/h2-5,15-16,18H,6-12H2,1H3. The minimum absolute atomic E-state index is 0.171. The molecule has 0 spiro atoms. The van der Waals surface area contributed by atoms with Crippen LogP contribution >= 0.6 is 0 Å². The van der Waals surface area contributed by atoms with Crippen LogP contribution in [0.5, 0.6) is 0 Å². The smallest absolute Gasteiger partial charge is 0.224 e. The van der Waals surface area contributed by atoms with E-state index < -0.39 is 0 Å². The maximum Gasteiger partial charge on any atom is 0.224 e. The Bertz CT molecular complexity index is 497. The van der Waals surface area contributed by atoms with Gasteiger partial charge in [0.1, 0.15) is 0 Å². The number of morpholine rings is 1. The van der Waals surface area contributed by atoms with Gasteiger partial charge in [0.15, 0.2) is 0 Å². The first-order chi connectivity index (χ1) is 10.2. The van der Waals surface area contributed by atoms with Crippen molar-refractivity contribution < 1.29 is 9.53 Å². The quantitative estimate of drug-likeness (QED) is 0.913. The molecule has 1 amide bonds. The molecule has 2 unspecified atom stereocenters. The number of likely N-dealkylation sites (N-methyl/N-ethyl adjacent to an activating group) is 1. The van der Waals surface area contributed by atoms with Gasteiger partial charge in [-0.05, 0) is 30.4 Å². The van der Waals surface area contributed by atoms with E-state index >= 15 is 0 Å². The second kappa shape index (κ2) is 6.58. The lowest BCUT2D eigenvalue weighted by Crippen LogP contribution is -2.47. The van der Waals surface area contributed by atoms with Gasteiger partial charge in [-0.2, -0.15) is 0 Å². The van der Waals surface area contributed by atoms with Gasteiger partial charge in [-0.3, -0.25) is 4.79 Å². The minimum Gasteiger partial charge on any atom is -0.378 e. The van der Waals surface area contributed by atoms with Crippen molar-refractivity contribution in [2.75, 3.05) is 26.8 Å². The first-order valence-electron chi connectivity index (χ1n) is 7.87. The van der Waals surface area contributed by atoms with Crippen LogP contribution in [0.4, 0.5) is 0 Å². The van der Waals surface area contributed by atoms with Crippen LogP contribution in [-0.4, -0.2) is 49.7 Å². The molecule has 2 atom stereocenters. The second-order valence-electron chi connectivity index (χ2n) is 6.10. The lowest BCUT2D eigenvalue weighted by Gasteiger charge is -2.34. The summed E-state index contributed by atoms with van der Waals surface area (Å²) in [4.78, 5) is 14.4. The number of ether oxygens (including phenoxy) is 1. The van der Waals surface area contributed by atoms with Crippen molar-refractivity contribution in [2.24, 2.45) is 0 Å². The second-order valence-corrected chi connectivity index (χ2v) is 6.10. The predicted molar refractivity (Wildman–Crippen MR) is 82.3 cm³/mol. The van der Waals surface area contributed by atoms with Crippen molar-refractivity contribution in [1.82, 2.24) is 10.2 Å². The van der Waals surface area contributed by atoms with E-state index in [0.717, 1.165) is 32.4 Å². The molecule has 1 aromatic carbocycles. The molecule has 1 aliphatic heterocycles. The Morgan fingerprint density at radius 1 is 1.38 bits per heavy atom. The third-order valence-electron chi connectivity index (χ3n) is 4.68. The van der Waals surface area contributed by atoms with Crippen molar-refractivity contribution in [1.29, 1.82) is 0 Å². The van der Waals surface area contributed by atoms with Crippen LogP contribution in [0.25, 0.3) is 0 Å². The van der Waals surface area contributed by atoms with E-state index in [2.05, 4.69) is 29.6 Å². The maximum absolute atomic E-state index is 12.5. The van der Waals surface area contributed by atoms with Crippen molar-refractivity contribution in [3.05, 3.63) is 35.4 Å².